The van der Waals surface area contributed by atoms with Gasteiger partial charge in [0.05, 0.1) is 35.3 Å². The predicted molar refractivity (Wildman–Crippen MR) is 124 cm³/mol. The molecule has 10 heteroatoms. The molecule has 7 nitrogen and oxygen atoms in total. The second-order valence-corrected chi connectivity index (χ2v) is 9.00. The first-order chi connectivity index (χ1) is 16.8. The first-order valence-corrected chi connectivity index (χ1v) is 11.4. The van der Waals surface area contributed by atoms with E-state index < -0.39 is 34.6 Å². The number of anilines is 2. The van der Waals surface area contributed by atoms with Crippen LogP contribution in [0.5, 0.6) is 0 Å². The Morgan fingerprint density at radius 1 is 1.09 bits per heavy atom. The summed E-state index contributed by atoms with van der Waals surface area (Å²) in [7, 11) is 0. The standard InChI is InChI=1S/C25H24F3N5O2/c26-15-2-1-3-16(27)22(15)23-17(28)10-18(30)24(33-23)25(34)32-19-11-31-7-6-14(19)21-9-13(29)8-20(35-21)12-4-5-12/h1-3,6-7,10-13,20-21H,4-5,8-9,29-30H2,(H,32,34). The van der Waals surface area contributed by atoms with Gasteiger partial charge in [-0.1, -0.05) is 6.07 Å². The summed E-state index contributed by atoms with van der Waals surface area (Å²) >= 11 is 0. The summed E-state index contributed by atoms with van der Waals surface area (Å²) < 4.78 is 49.4. The number of amides is 1. The Labute approximate surface area is 199 Å². The number of benzene rings is 1. The van der Waals surface area contributed by atoms with Crippen molar-refractivity contribution < 1.29 is 22.7 Å². The molecule has 1 aromatic carbocycles. The van der Waals surface area contributed by atoms with Gasteiger partial charge in [0.2, 0.25) is 0 Å². The SMILES string of the molecule is Nc1cc(F)c(-c2c(F)cccc2F)nc1C(=O)Nc1cnccc1C1CC(N)CC(C2CC2)O1. The Morgan fingerprint density at radius 3 is 2.54 bits per heavy atom. The molecule has 2 fully saturated rings. The monoisotopic (exact) mass is 483 g/mol. The summed E-state index contributed by atoms with van der Waals surface area (Å²) in [6.45, 7) is 0. The van der Waals surface area contributed by atoms with E-state index in [1.165, 1.54) is 6.20 Å². The molecule has 1 aliphatic carbocycles. The van der Waals surface area contributed by atoms with Crippen LogP contribution in [0.1, 0.15) is 47.8 Å². The summed E-state index contributed by atoms with van der Waals surface area (Å²) in [5, 5.41) is 2.69. The van der Waals surface area contributed by atoms with E-state index >= 15 is 0 Å². The molecule has 1 amide bonds. The molecule has 0 radical (unpaired) electrons. The summed E-state index contributed by atoms with van der Waals surface area (Å²) in [6, 6.07) is 5.61. The first kappa shape index (κ1) is 23.3. The average molecular weight is 483 g/mol. The molecule has 5 N–H and O–H groups in total. The topological polar surface area (TPSA) is 116 Å². The Morgan fingerprint density at radius 2 is 1.83 bits per heavy atom. The zero-order valence-electron chi connectivity index (χ0n) is 18.7. The number of hydrogen-bond donors (Lipinski definition) is 3. The molecule has 3 unspecified atom stereocenters. The van der Waals surface area contributed by atoms with Gasteiger partial charge in [-0.25, -0.2) is 18.2 Å². The van der Waals surface area contributed by atoms with Crippen molar-refractivity contribution in [2.45, 2.75) is 43.9 Å². The Bertz CT molecular complexity index is 1260. The lowest BCUT2D eigenvalue weighted by atomic mass is 9.92. The maximum atomic E-state index is 14.6. The fourth-order valence-corrected chi connectivity index (χ4v) is 4.52. The van der Waals surface area contributed by atoms with Crippen LogP contribution in [0.15, 0.2) is 42.7 Å². The number of hydrogen-bond acceptors (Lipinski definition) is 6. The summed E-state index contributed by atoms with van der Waals surface area (Å²) in [4.78, 5) is 21.1. The number of nitrogen functional groups attached to an aromatic ring is 1. The van der Waals surface area contributed by atoms with E-state index in [9.17, 15) is 18.0 Å². The first-order valence-electron chi connectivity index (χ1n) is 11.4. The van der Waals surface area contributed by atoms with Crippen molar-refractivity contribution in [1.29, 1.82) is 0 Å². The Hall–Kier alpha value is -3.50. The second kappa shape index (κ2) is 9.27. The number of pyridine rings is 2. The van der Waals surface area contributed by atoms with Crippen LogP contribution in [0.2, 0.25) is 0 Å². The van der Waals surface area contributed by atoms with E-state index in [1.54, 1.807) is 12.3 Å². The number of carbonyl (C=O) groups is 1. The number of rotatable bonds is 5. The molecule has 35 heavy (non-hydrogen) atoms. The van der Waals surface area contributed by atoms with Gasteiger partial charge in [0.25, 0.3) is 5.91 Å². The number of nitrogens with one attached hydrogen (secondary N) is 1. The molecular formula is C25H24F3N5O2. The van der Waals surface area contributed by atoms with Crippen LogP contribution < -0.4 is 16.8 Å². The molecule has 1 aliphatic heterocycles. The van der Waals surface area contributed by atoms with Crippen molar-refractivity contribution in [3.63, 3.8) is 0 Å². The second-order valence-electron chi connectivity index (χ2n) is 9.00. The molecule has 0 spiro atoms. The van der Waals surface area contributed by atoms with Crippen molar-refractivity contribution in [2.24, 2.45) is 11.7 Å². The lowest BCUT2D eigenvalue weighted by molar-refractivity contribution is -0.0682. The molecule has 3 aromatic rings. The quantitative estimate of drug-likeness (QED) is 0.497. The molecule has 2 aliphatic rings. The van der Waals surface area contributed by atoms with E-state index in [0.717, 1.165) is 43.5 Å². The van der Waals surface area contributed by atoms with E-state index in [-0.39, 0.29) is 29.6 Å². The zero-order chi connectivity index (χ0) is 24.7. The molecule has 182 valence electrons. The summed E-state index contributed by atoms with van der Waals surface area (Å²) in [5.41, 5.74) is 11.2. The lowest BCUT2D eigenvalue weighted by Crippen LogP contribution is -2.37. The fourth-order valence-electron chi connectivity index (χ4n) is 4.52. The maximum absolute atomic E-state index is 14.6. The summed E-state index contributed by atoms with van der Waals surface area (Å²) in [5.74, 6) is -3.37. The van der Waals surface area contributed by atoms with E-state index in [4.69, 9.17) is 16.2 Å². The molecule has 0 bridgehead atoms. The van der Waals surface area contributed by atoms with Gasteiger partial charge in [-0.2, -0.15) is 0 Å². The highest BCUT2D eigenvalue weighted by Crippen LogP contribution is 2.43. The Balaban J connectivity index is 1.45. The minimum atomic E-state index is -1.05. The lowest BCUT2D eigenvalue weighted by Gasteiger charge is -2.35. The highest BCUT2D eigenvalue weighted by Gasteiger charge is 2.39. The number of halogens is 3. The number of aromatic nitrogens is 2. The van der Waals surface area contributed by atoms with Crippen LogP contribution in [0.4, 0.5) is 24.5 Å². The van der Waals surface area contributed by atoms with Crippen molar-refractivity contribution in [3.05, 3.63) is 71.4 Å². The third-order valence-corrected chi connectivity index (χ3v) is 6.41. The van der Waals surface area contributed by atoms with Gasteiger partial charge in [0.15, 0.2) is 11.5 Å². The maximum Gasteiger partial charge on any atom is 0.276 e. The van der Waals surface area contributed by atoms with Gasteiger partial charge in [-0.3, -0.25) is 9.78 Å². The smallest absolute Gasteiger partial charge is 0.276 e. The molecule has 3 heterocycles. The summed E-state index contributed by atoms with van der Waals surface area (Å²) in [6.07, 6.45) is 6.36. The minimum absolute atomic E-state index is 0.0382. The highest BCUT2D eigenvalue weighted by molar-refractivity contribution is 6.06. The van der Waals surface area contributed by atoms with Crippen molar-refractivity contribution >= 4 is 17.3 Å². The van der Waals surface area contributed by atoms with Gasteiger partial charge in [-0.05, 0) is 49.8 Å². The zero-order valence-corrected chi connectivity index (χ0v) is 18.7. The van der Waals surface area contributed by atoms with Gasteiger partial charge in [0.1, 0.15) is 17.3 Å². The number of carbonyl (C=O) groups excluding carboxylic acids is 1. The van der Waals surface area contributed by atoms with Gasteiger partial charge in [-0.15, -0.1) is 0 Å². The van der Waals surface area contributed by atoms with Crippen molar-refractivity contribution in [3.8, 4) is 11.3 Å². The third kappa shape index (κ3) is 4.71. The van der Waals surface area contributed by atoms with E-state index in [1.807, 2.05) is 0 Å². The molecule has 2 aromatic heterocycles. The van der Waals surface area contributed by atoms with Crippen molar-refractivity contribution in [1.82, 2.24) is 9.97 Å². The van der Waals surface area contributed by atoms with Gasteiger partial charge in [0, 0.05) is 23.9 Å². The fraction of sp³-hybridized carbons (Fsp3) is 0.320. The largest absolute Gasteiger partial charge is 0.397 e. The average Bonchev–Trinajstić information content (AvgIpc) is 3.66. The van der Waals surface area contributed by atoms with Crippen LogP contribution in [0.3, 0.4) is 0 Å². The molecule has 1 saturated carbocycles. The number of nitrogens with zero attached hydrogens (tertiary/aromatic N) is 2. The van der Waals surface area contributed by atoms with Crippen LogP contribution in [-0.2, 0) is 4.74 Å². The van der Waals surface area contributed by atoms with Gasteiger partial charge >= 0.3 is 0 Å². The van der Waals surface area contributed by atoms with Crippen LogP contribution in [0.25, 0.3) is 11.3 Å². The van der Waals surface area contributed by atoms with E-state index in [2.05, 4.69) is 15.3 Å². The predicted octanol–water partition coefficient (Wildman–Crippen LogP) is 4.35. The number of ether oxygens (including phenoxy) is 1. The molecule has 5 rings (SSSR count). The minimum Gasteiger partial charge on any atom is -0.397 e. The van der Waals surface area contributed by atoms with Crippen LogP contribution in [-0.4, -0.2) is 28.0 Å². The van der Waals surface area contributed by atoms with E-state index in [0.29, 0.717) is 23.6 Å². The molecule has 1 saturated heterocycles. The highest BCUT2D eigenvalue weighted by atomic mass is 19.1. The van der Waals surface area contributed by atoms with Crippen molar-refractivity contribution in [2.75, 3.05) is 11.1 Å². The third-order valence-electron chi connectivity index (χ3n) is 6.41. The molecular weight excluding hydrogens is 459 g/mol. The number of nitrogens with two attached hydrogens (primary N) is 2. The van der Waals surface area contributed by atoms with Crippen LogP contribution >= 0.6 is 0 Å². The Kier molecular flexibility index (Phi) is 6.16. The van der Waals surface area contributed by atoms with Gasteiger partial charge < -0.3 is 21.5 Å². The van der Waals surface area contributed by atoms with Crippen LogP contribution in [0, 0.1) is 23.4 Å². The molecule has 3 atom stereocenters. The normalized spacial score (nSPS) is 22.1.